The van der Waals surface area contributed by atoms with Gasteiger partial charge in [-0.15, -0.1) is 6.58 Å². The van der Waals surface area contributed by atoms with E-state index < -0.39 is 11.6 Å². The van der Waals surface area contributed by atoms with Gasteiger partial charge in [-0.05, 0) is 117 Å². The summed E-state index contributed by atoms with van der Waals surface area (Å²) in [6.45, 7) is 20.2. The fourth-order valence-corrected chi connectivity index (χ4v) is 5.47. The maximum Gasteiger partial charge on any atom is 0.159 e. The van der Waals surface area contributed by atoms with E-state index in [4.69, 9.17) is 4.74 Å². The molecule has 0 radical (unpaired) electrons. The molecule has 4 rings (SSSR count). The molecule has 4 aromatic rings. The predicted molar refractivity (Wildman–Crippen MR) is 198 cm³/mol. The molecule has 1 unspecified atom stereocenters. The standard InChI is InChI=1S/C26H33NO.C17H18F2/c1-5-10-22(12-9-11-19(3)4)28-23-16-20(6-2)15-21(17-23)25-18-27-26-14-8-7-13-24(25)26;1-4-6-7-15(5-2)13(3)8-9-14-10-11-16(18)17(19)12-14/h7-8,13-18,22,27H,3,5-6,9-12H2,1-2,4H3;4-7,10-12H,2-3,8-9H2,1H3/b;6-4-,15-7-. The third-order valence-corrected chi connectivity index (χ3v) is 8.11. The summed E-state index contributed by atoms with van der Waals surface area (Å²) >= 11 is 0. The summed E-state index contributed by atoms with van der Waals surface area (Å²) in [6, 6.07) is 19.1. The monoisotopic (exact) mass is 635 g/mol. The van der Waals surface area contributed by atoms with E-state index >= 15 is 0 Å². The Morgan fingerprint density at radius 1 is 0.936 bits per heavy atom. The van der Waals surface area contributed by atoms with Crippen molar-refractivity contribution in [3.63, 3.8) is 0 Å². The molecule has 248 valence electrons. The van der Waals surface area contributed by atoms with Crippen molar-refractivity contribution in [2.45, 2.75) is 85.2 Å². The smallest absolute Gasteiger partial charge is 0.159 e. The van der Waals surface area contributed by atoms with Gasteiger partial charge in [0.2, 0.25) is 0 Å². The highest BCUT2D eigenvalue weighted by Crippen LogP contribution is 2.33. The summed E-state index contributed by atoms with van der Waals surface area (Å²) in [7, 11) is 0. The third-order valence-electron chi connectivity index (χ3n) is 8.11. The molecule has 2 nitrogen and oxygen atoms in total. The number of halogens is 2. The van der Waals surface area contributed by atoms with Crippen molar-refractivity contribution in [2.24, 2.45) is 0 Å². The molecule has 0 amide bonds. The van der Waals surface area contributed by atoms with Gasteiger partial charge in [0.25, 0.3) is 0 Å². The van der Waals surface area contributed by atoms with Crippen molar-refractivity contribution in [2.75, 3.05) is 0 Å². The van der Waals surface area contributed by atoms with Gasteiger partial charge in [0.05, 0.1) is 6.10 Å². The molecule has 0 aliphatic carbocycles. The first kappa shape index (κ1) is 37.0. The number of rotatable bonds is 16. The van der Waals surface area contributed by atoms with E-state index in [2.05, 4.69) is 94.2 Å². The molecule has 0 aliphatic rings. The number of benzene rings is 3. The number of fused-ring (bicyclic) bond motifs is 1. The lowest BCUT2D eigenvalue weighted by Crippen LogP contribution is -2.16. The van der Waals surface area contributed by atoms with Crippen LogP contribution < -0.4 is 4.74 Å². The molecule has 47 heavy (non-hydrogen) atoms. The Bertz CT molecular complexity index is 1690. The first-order valence-corrected chi connectivity index (χ1v) is 16.8. The van der Waals surface area contributed by atoms with Crippen LogP contribution in [0.1, 0.15) is 77.3 Å². The molecule has 0 saturated heterocycles. The molecule has 0 aliphatic heterocycles. The minimum absolute atomic E-state index is 0.271. The molecule has 1 atom stereocenters. The first-order valence-electron chi connectivity index (χ1n) is 16.8. The number of allylic oxidation sites excluding steroid dienone is 7. The molecule has 1 N–H and O–H groups in total. The van der Waals surface area contributed by atoms with Gasteiger partial charge < -0.3 is 9.72 Å². The number of aryl methyl sites for hydroxylation is 2. The van der Waals surface area contributed by atoms with Gasteiger partial charge in [0, 0.05) is 22.7 Å². The zero-order valence-electron chi connectivity index (χ0n) is 28.7. The van der Waals surface area contributed by atoms with Crippen LogP contribution in [0.25, 0.3) is 22.0 Å². The van der Waals surface area contributed by atoms with E-state index in [-0.39, 0.29) is 6.10 Å². The largest absolute Gasteiger partial charge is 0.490 e. The minimum Gasteiger partial charge on any atom is -0.490 e. The van der Waals surface area contributed by atoms with Crippen LogP contribution in [0.3, 0.4) is 0 Å². The molecule has 0 spiro atoms. The Hall–Kier alpha value is -4.44. The molecule has 0 bridgehead atoms. The summed E-state index contributed by atoms with van der Waals surface area (Å²) in [6.07, 6.45) is 17.7. The van der Waals surface area contributed by atoms with Gasteiger partial charge in [0.15, 0.2) is 11.6 Å². The zero-order valence-corrected chi connectivity index (χ0v) is 28.7. The number of hydrogen-bond donors (Lipinski definition) is 1. The normalized spacial score (nSPS) is 12.1. The van der Waals surface area contributed by atoms with Crippen molar-refractivity contribution < 1.29 is 13.5 Å². The van der Waals surface area contributed by atoms with Crippen LogP contribution in [0.2, 0.25) is 0 Å². The van der Waals surface area contributed by atoms with Crippen LogP contribution in [-0.2, 0) is 12.8 Å². The van der Waals surface area contributed by atoms with Crippen molar-refractivity contribution in [1.29, 1.82) is 0 Å². The summed E-state index contributed by atoms with van der Waals surface area (Å²) in [5.41, 5.74) is 8.85. The van der Waals surface area contributed by atoms with Crippen molar-refractivity contribution >= 4 is 10.9 Å². The number of aromatic nitrogens is 1. The average Bonchev–Trinajstić information content (AvgIpc) is 3.50. The number of H-pyrrole nitrogens is 1. The molecule has 1 heterocycles. The van der Waals surface area contributed by atoms with Crippen molar-refractivity contribution in [1.82, 2.24) is 4.98 Å². The summed E-state index contributed by atoms with van der Waals surface area (Å²) in [5, 5.41) is 1.26. The van der Waals surface area contributed by atoms with E-state index in [0.29, 0.717) is 12.8 Å². The van der Waals surface area contributed by atoms with Gasteiger partial charge in [-0.25, -0.2) is 8.78 Å². The molecule has 3 aromatic carbocycles. The topological polar surface area (TPSA) is 25.0 Å². The van der Waals surface area contributed by atoms with Crippen LogP contribution >= 0.6 is 0 Å². The maximum atomic E-state index is 13.1. The van der Waals surface area contributed by atoms with Gasteiger partial charge in [-0.2, -0.15) is 0 Å². The molecule has 0 saturated carbocycles. The highest BCUT2D eigenvalue weighted by Gasteiger charge is 2.13. The summed E-state index contributed by atoms with van der Waals surface area (Å²) < 4.78 is 32.3. The number of para-hydroxylation sites is 1. The number of hydrogen-bond acceptors (Lipinski definition) is 1. The second-order valence-corrected chi connectivity index (χ2v) is 12.0. The fraction of sp³-hybridized carbons (Fsp3) is 0.302. The van der Waals surface area contributed by atoms with Crippen LogP contribution in [0.5, 0.6) is 5.75 Å². The Morgan fingerprint density at radius 3 is 2.40 bits per heavy atom. The second kappa shape index (κ2) is 19.3. The Morgan fingerprint density at radius 2 is 1.72 bits per heavy atom. The van der Waals surface area contributed by atoms with Gasteiger partial charge in [-0.1, -0.05) is 93.6 Å². The average molecular weight is 636 g/mol. The van der Waals surface area contributed by atoms with E-state index in [9.17, 15) is 8.78 Å². The highest BCUT2D eigenvalue weighted by molar-refractivity contribution is 5.95. The number of ether oxygens (including phenoxy) is 1. The SMILES string of the molecule is C=C(C)CCCC(CCC)Oc1cc(CC)cc(-c2c[nH]c3ccccc23)c1.C=C/C(=C/C=C\C)C(=C)CCc1ccc(F)c(F)c1. The quantitative estimate of drug-likeness (QED) is 0.0962. The Kier molecular flexibility index (Phi) is 15.2. The maximum absolute atomic E-state index is 13.1. The molecular formula is C43H51F2NO. The minimum atomic E-state index is -0.817. The number of nitrogens with one attached hydrogen (secondary N) is 1. The molecule has 0 fully saturated rings. The summed E-state index contributed by atoms with van der Waals surface area (Å²) in [5.74, 6) is -0.632. The van der Waals surface area contributed by atoms with E-state index in [1.54, 1.807) is 12.1 Å². The third kappa shape index (κ3) is 11.7. The second-order valence-electron chi connectivity index (χ2n) is 12.0. The number of aromatic amines is 1. The van der Waals surface area contributed by atoms with Gasteiger partial charge in [0.1, 0.15) is 5.75 Å². The van der Waals surface area contributed by atoms with E-state index in [1.165, 1.54) is 39.2 Å². The Labute approximate surface area is 281 Å². The highest BCUT2D eigenvalue weighted by atomic mass is 19.2. The lowest BCUT2D eigenvalue weighted by molar-refractivity contribution is 0.177. The first-order chi connectivity index (χ1) is 22.7. The van der Waals surface area contributed by atoms with E-state index in [0.717, 1.165) is 67.1 Å². The zero-order chi connectivity index (χ0) is 34.2. The summed E-state index contributed by atoms with van der Waals surface area (Å²) in [4.78, 5) is 3.39. The fourth-order valence-electron chi connectivity index (χ4n) is 5.47. The lowest BCUT2D eigenvalue weighted by Gasteiger charge is -2.20. The Balaban J connectivity index is 0.000000277. The lowest BCUT2D eigenvalue weighted by atomic mass is 9.99. The van der Waals surface area contributed by atoms with Gasteiger partial charge in [-0.3, -0.25) is 0 Å². The van der Waals surface area contributed by atoms with Crippen molar-refractivity contribution in [3.05, 3.63) is 150 Å². The molecule has 4 heteroatoms. The van der Waals surface area contributed by atoms with Crippen LogP contribution in [0.4, 0.5) is 8.78 Å². The van der Waals surface area contributed by atoms with Crippen LogP contribution in [0.15, 0.2) is 128 Å². The van der Waals surface area contributed by atoms with Crippen LogP contribution in [-0.4, -0.2) is 11.1 Å². The molecule has 1 aromatic heterocycles. The van der Waals surface area contributed by atoms with Crippen molar-refractivity contribution in [3.8, 4) is 16.9 Å². The predicted octanol–water partition coefficient (Wildman–Crippen LogP) is 12.8. The van der Waals surface area contributed by atoms with Gasteiger partial charge >= 0.3 is 0 Å². The molecular weight excluding hydrogens is 584 g/mol. The van der Waals surface area contributed by atoms with E-state index in [1.807, 2.05) is 25.2 Å². The van der Waals surface area contributed by atoms with Crippen LogP contribution in [0, 0.1) is 11.6 Å².